The summed E-state index contributed by atoms with van der Waals surface area (Å²) in [6.45, 7) is 7.17. The number of piperidine rings is 1. The molecule has 3 heteroatoms. The molecule has 74 valence electrons. The quantitative estimate of drug-likeness (QED) is 0.476. The number of carbonyl (C=O) groups is 1. The Morgan fingerprint density at radius 3 is 2.85 bits per heavy atom. The second kappa shape index (κ2) is 4.42. The van der Waals surface area contributed by atoms with Gasteiger partial charge >= 0.3 is 5.97 Å². The van der Waals surface area contributed by atoms with E-state index in [9.17, 15) is 4.79 Å². The molecule has 1 rings (SSSR count). The van der Waals surface area contributed by atoms with Gasteiger partial charge in [-0.1, -0.05) is 6.58 Å². The molecule has 0 aromatic heterocycles. The van der Waals surface area contributed by atoms with Crippen molar-refractivity contribution in [2.24, 2.45) is 0 Å². The minimum Gasteiger partial charge on any atom is -0.458 e. The highest BCUT2D eigenvalue weighted by Gasteiger charge is 2.20. The van der Waals surface area contributed by atoms with Crippen molar-refractivity contribution in [1.29, 1.82) is 0 Å². The van der Waals surface area contributed by atoms with E-state index in [1.807, 2.05) is 7.05 Å². The Kier molecular flexibility index (Phi) is 3.48. The van der Waals surface area contributed by atoms with Crippen LogP contribution in [0.3, 0.4) is 0 Å². The lowest BCUT2D eigenvalue weighted by Crippen LogP contribution is -2.38. The number of rotatable bonds is 2. The fourth-order valence-electron chi connectivity index (χ4n) is 1.47. The molecule has 0 bridgehead atoms. The number of hydrogen-bond acceptors (Lipinski definition) is 3. The van der Waals surface area contributed by atoms with E-state index in [2.05, 4.69) is 11.5 Å². The Morgan fingerprint density at radius 1 is 1.62 bits per heavy atom. The van der Waals surface area contributed by atoms with Crippen LogP contribution in [0.5, 0.6) is 0 Å². The Hall–Kier alpha value is -0.830. The predicted octanol–water partition coefficient (Wildman–Crippen LogP) is 1.20. The average Bonchev–Trinajstić information content (AvgIpc) is 2.04. The summed E-state index contributed by atoms with van der Waals surface area (Å²) in [7, 11) is 2.04. The molecule has 0 amide bonds. The maximum atomic E-state index is 11.2. The van der Waals surface area contributed by atoms with Gasteiger partial charge in [0.25, 0.3) is 0 Å². The SMILES string of the molecule is C=C(C)C(=O)O[C@@H]1CCCN(C)C1. The molecule has 13 heavy (non-hydrogen) atoms. The van der Waals surface area contributed by atoms with Crippen molar-refractivity contribution in [3.05, 3.63) is 12.2 Å². The van der Waals surface area contributed by atoms with Crippen LogP contribution in [0.25, 0.3) is 0 Å². The van der Waals surface area contributed by atoms with E-state index in [0.717, 1.165) is 25.9 Å². The topological polar surface area (TPSA) is 29.5 Å². The second-order valence-corrected chi connectivity index (χ2v) is 3.71. The number of likely N-dealkylation sites (tertiary alicyclic amines) is 1. The molecule has 0 spiro atoms. The van der Waals surface area contributed by atoms with Crippen LogP contribution in [0, 0.1) is 0 Å². The molecule has 0 saturated carbocycles. The van der Waals surface area contributed by atoms with Crippen LogP contribution >= 0.6 is 0 Å². The molecule has 1 fully saturated rings. The largest absolute Gasteiger partial charge is 0.458 e. The molecular weight excluding hydrogens is 166 g/mol. The zero-order valence-corrected chi connectivity index (χ0v) is 8.38. The Bertz CT molecular complexity index is 213. The summed E-state index contributed by atoms with van der Waals surface area (Å²) in [4.78, 5) is 13.4. The summed E-state index contributed by atoms with van der Waals surface area (Å²) in [5.74, 6) is -0.264. The summed E-state index contributed by atoms with van der Waals surface area (Å²) in [5.41, 5.74) is 0.480. The summed E-state index contributed by atoms with van der Waals surface area (Å²) < 4.78 is 5.24. The maximum Gasteiger partial charge on any atom is 0.333 e. The smallest absolute Gasteiger partial charge is 0.333 e. The zero-order chi connectivity index (χ0) is 9.84. The lowest BCUT2D eigenvalue weighted by molar-refractivity contribution is -0.146. The number of ether oxygens (including phenoxy) is 1. The van der Waals surface area contributed by atoms with E-state index in [-0.39, 0.29) is 12.1 Å². The summed E-state index contributed by atoms with van der Waals surface area (Å²) in [6, 6.07) is 0. The van der Waals surface area contributed by atoms with Gasteiger partial charge in [0.1, 0.15) is 6.10 Å². The van der Waals surface area contributed by atoms with Gasteiger partial charge < -0.3 is 9.64 Å². The minimum absolute atomic E-state index is 0.0583. The Labute approximate surface area is 79.4 Å². The third-order valence-electron chi connectivity index (χ3n) is 2.20. The fraction of sp³-hybridized carbons (Fsp3) is 0.700. The monoisotopic (exact) mass is 183 g/mol. The molecule has 0 unspecified atom stereocenters. The van der Waals surface area contributed by atoms with E-state index >= 15 is 0 Å². The van der Waals surface area contributed by atoms with Gasteiger partial charge in [0, 0.05) is 12.1 Å². The van der Waals surface area contributed by atoms with E-state index in [0.29, 0.717) is 5.57 Å². The van der Waals surface area contributed by atoms with Crippen molar-refractivity contribution >= 4 is 5.97 Å². The Balaban J connectivity index is 2.36. The van der Waals surface area contributed by atoms with Gasteiger partial charge in [0.2, 0.25) is 0 Å². The van der Waals surface area contributed by atoms with Crippen molar-refractivity contribution in [2.45, 2.75) is 25.9 Å². The van der Waals surface area contributed by atoms with Gasteiger partial charge in [-0.2, -0.15) is 0 Å². The summed E-state index contributed by atoms with van der Waals surface area (Å²) >= 11 is 0. The van der Waals surface area contributed by atoms with Gasteiger partial charge in [-0.05, 0) is 33.4 Å². The van der Waals surface area contributed by atoms with E-state index in [1.54, 1.807) is 6.92 Å². The van der Waals surface area contributed by atoms with Crippen molar-refractivity contribution in [3.63, 3.8) is 0 Å². The fourth-order valence-corrected chi connectivity index (χ4v) is 1.47. The van der Waals surface area contributed by atoms with Gasteiger partial charge in [0.15, 0.2) is 0 Å². The molecule has 0 radical (unpaired) electrons. The number of likely N-dealkylation sites (N-methyl/N-ethyl adjacent to an activating group) is 1. The second-order valence-electron chi connectivity index (χ2n) is 3.71. The number of carbonyl (C=O) groups excluding carboxylic acids is 1. The Morgan fingerprint density at radius 2 is 2.31 bits per heavy atom. The van der Waals surface area contributed by atoms with E-state index in [4.69, 9.17) is 4.74 Å². The molecule has 0 aliphatic carbocycles. The standard InChI is InChI=1S/C10H17NO2/c1-8(2)10(12)13-9-5-4-6-11(3)7-9/h9H,1,4-7H2,2-3H3/t9-/m1/s1. The lowest BCUT2D eigenvalue weighted by Gasteiger charge is -2.29. The molecule has 0 aromatic rings. The third-order valence-corrected chi connectivity index (χ3v) is 2.20. The first-order valence-electron chi connectivity index (χ1n) is 4.64. The molecule has 1 atom stereocenters. The average molecular weight is 183 g/mol. The molecule has 1 aliphatic rings. The first-order chi connectivity index (χ1) is 6.09. The van der Waals surface area contributed by atoms with Crippen LogP contribution in [0.4, 0.5) is 0 Å². The molecule has 1 saturated heterocycles. The molecule has 0 aromatic carbocycles. The molecule has 1 aliphatic heterocycles. The van der Waals surface area contributed by atoms with Gasteiger partial charge in [0.05, 0.1) is 0 Å². The van der Waals surface area contributed by atoms with Gasteiger partial charge in [-0.3, -0.25) is 0 Å². The van der Waals surface area contributed by atoms with Crippen molar-refractivity contribution in [2.75, 3.05) is 20.1 Å². The predicted molar refractivity (Wildman–Crippen MR) is 51.4 cm³/mol. The van der Waals surface area contributed by atoms with Crippen molar-refractivity contribution in [1.82, 2.24) is 4.90 Å². The lowest BCUT2D eigenvalue weighted by atomic mass is 10.1. The van der Waals surface area contributed by atoms with Crippen LogP contribution in [-0.2, 0) is 9.53 Å². The first kappa shape index (κ1) is 10.3. The highest BCUT2D eigenvalue weighted by molar-refractivity contribution is 5.87. The molecular formula is C10H17NO2. The molecule has 0 N–H and O–H groups in total. The minimum atomic E-state index is -0.264. The third kappa shape index (κ3) is 3.19. The first-order valence-corrected chi connectivity index (χ1v) is 4.64. The van der Waals surface area contributed by atoms with Crippen LogP contribution in [-0.4, -0.2) is 37.1 Å². The van der Waals surface area contributed by atoms with E-state index < -0.39 is 0 Å². The highest BCUT2D eigenvalue weighted by atomic mass is 16.5. The molecule has 1 heterocycles. The summed E-state index contributed by atoms with van der Waals surface area (Å²) in [6.07, 6.45) is 2.14. The van der Waals surface area contributed by atoms with Crippen LogP contribution < -0.4 is 0 Å². The zero-order valence-electron chi connectivity index (χ0n) is 8.38. The highest BCUT2D eigenvalue weighted by Crippen LogP contribution is 2.12. The van der Waals surface area contributed by atoms with Crippen LogP contribution in [0.15, 0.2) is 12.2 Å². The van der Waals surface area contributed by atoms with E-state index in [1.165, 1.54) is 0 Å². The van der Waals surface area contributed by atoms with Gasteiger partial charge in [-0.25, -0.2) is 4.79 Å². The number of nitrogens with zero attached hydrogens (tertiary/aromatic N) is 1. The van der Waals surface area contributed by atoms with Crippen molar-refractivity contribution in [3.8, 4) is 0 Å². The van der Waals surface area contributed by atoms with Crippen molar-refractivity contribution < 1.29 is 9.53 Å². The van der Waals surface area contributed by atoms with Gasteiger partial charge in [-0.15, -0.1) is 0 Å². The number of hydrogen-bond donors (Lipinski definition) is 0. The summed E-state index contributed by atoms with van der Waals surface area (Å²) in [5, 5.41) is 0. The normalized spacial score (nSPS) is 24.0. The van der Waals surface area contributed by atoms with Crippen LogP contribution in [0.2, 0.25) is 0 Å². The van der Waals surface area contributed by atoms with Crippen LogP contribution in [0.1, 0.15) is 19.8 Å². The molecule has 3 nitrogen and oxygen atoms in total. The number of esters is 1. The maximum absolute atomic E-state index is 11.2.